The Bertz CT molecular complexity index is 577. The lowest BCUT2D eigenvalue weighted by molar-refractivity contribution is 0.107. The molecule has 2 aromatic heterocycles. The first-order valence-electron chi connectivity index (χ1n) is 6.78. The Labute approximate surface area is 118 Å². The van der Waals surface area contributed by atoms with Crippen LogP contribution >= 0.6 is 0 Å². The van der Waals surface area contributed by atoms with Crippen molar-refractivity contribution < 1.29 is 4.74 Å². The third-order valence-corrected chi connectivity index (χ3v) is 3.89. The molecule has 0 bridgehead atoms. The summed E-state index contributed by atoms with van der Waals surface area (Å²) in [5.41, 5.74) is 1.18. The molecule has 108 valence electrons. The van der Waals surface area contributed by atoms with E-state index in [9.17, 15) is 0 Å². The van der Waals surface area contributed by atoms with Crippen molar-refractivity contribution in [1.29, 1.82) is 0 Å². The third-order valence-electron chi connectivity index (χ3n) is 3.89. The maximum absolute atomic E-state index is 5.52. The van der Waals surface area contributed by atoms with Crippen molar-refractivity contribution >= 4 is 0 Å². The normalized spacial score (nSPS) is 23.6. The zero-order valence-corrected chi connectivity index (χ0v) is 12.1. The average molecular weight is 276 g/mol. The topological polar surface area (TPSA) is 71.9 Å². The van der Waals surface area contributed by atoms with E-state index in [1.165, 1.54) is 5.69 Å². The summed E-state index contributed by atoms with van der Waals surface area (Å²) in [4.78, 5) is 11.0. The largest absolute Gasteiger partial charge is 0.380 e. The molecule has 1 aliphatic rings. The van der Waals surface area contributed by atoms with Crippen LogP contribution in [0.1, 0.15) is 29.8 Å². The van der Waals surface area contributed by atoms with Gasteiger partial charge in [-0.3, -0.25) is 10.00 Å². The van der Waals surface area contributed by atoms with Crippen LogP contribution in [0.4, 0.5) is 0 Å². The van der Waals surface area contributed by atoms with E-state index in [1.54, 1.807) is 7.11 Å². The van der Waals surface area contributed by atoms with E-state index in [-0.39, 0.29) is 12.1 Å². The summed E-state index contributed by atoms with van der Waals surface area (Å²) in [6.07, 6.45) is 4.88. The van der Waals surface area contributed by atoms with Crippen LogP contribution in [-0.4, -0.2) is 49.4 Å². The van der Waals surface area contributed by atoms with Gasteiger partial charge in [-0.1, -0.05) is 0 Å². The molecule has 0 saturated carbocycles. The van der Waals surface area contributed by atoms with Gasteiger partial charge in [0.2, 0.25) is 0 Å². The van der Waals surface area contributed by atoms with E-state index >= 15 is 0 Å². The van der Waals surface area contributed by atoms with Crippen LogP contribution in [0.25, 0.3) is 0 Å². The number of aryl methyl sites for hydroxylation is 2. The van der Waals surface area contributed by atoms with Crippen molar-refractivity contribution in [2.24, 2.45) is 7.05 Å². The Morgan fingerprint density at radius 3 is 2.95 bits per heavy atom. The summed E-state index contributed by atoms with van der Waals surface area (Å²) in [5, 5.41) is 7.24. The van der Waals surface area contributed by atoms with E-state index in [1.807, 2.05) is 31.1 Å². The van der Waals surface area contributed by atoms with Crippen LogP contribution in [0.3, 0.4) is 0 Å². The molecular weight excluding hydrogens is 256 g/mol. The van der Waals surface area contributed by atoms with Gasteiger partial charge in [-0.25, -0.2) is 9.97 Å². The Morgan fingerprint density at radius 2 is 2.35 bits per heavy atom. The van der Waals surface area contributed by atoms with Gasteiger partial charge in [0.15, 0.2) is 5.82 Å². The Kier molecular flexibility index (Phi) is 3.54. The quantitative estimate of drug-likeness (QED) is 0.894. The maximum Gasteiger partial charge on any atom is 0.167 e. The minimum Gasteiger partial charge on any atom is -0.380 e. The fraction of sp³-hybridized carbons (Fsp3) is 0.615. The number of likely N-dealkylation sites (tertiary alicyclic amines) is 1. The molecule has 1 fully saturated rings. The highest BCUT2D eigenvalue weighted by atomic mass is 16.5. The van der Waals surface area contributed by atoms with Gasteiger partial charge in [0, 0.05) is 33.4 Å². The van der Waals surface area contributed by atoms with Crippen molar-refractivity contribution in [3.05, 3.63) is 29.9 Å². The first kappa shape index (κ1) is 13.3. The highest BCUT2D eigenvalue weighted by molar-refractivity contribution is 5.05. The second-order valence-corrected chi connectivity index (χ2v) is 5.31. The van der Waals surface area contributed by atoms with Crippen LogP contribution in [0.2, 0.25) is 0 Å². The van der Waals surface area contributed by atoms with E-state index < -0.39 is 0 Å². The lowest BCUT2D eigenvalue weighted by atomic mass is 10.2. The van der Waals surface area contributed by atoms with Gasteiger partial charge in [0.05, 0.1) is 24.2 Å². The molecule has 0 aliphatic carbocycles. The Hall–Kier alpha value is -1.73. The molecule has 2 aromatic rings. The Balaban J connectivity index is 1.81. The molecule has 7 nitrogen and oxygen atoms in total. The molecule has 2 atom stereocenters. The van der Waals surface area contributed by atoms with E-state index in [2.05, 4.69) is 25.1 Å². The third kappa shape index (κ3) is 2.46. The van der Waals surface area contributed by atoms with Crippen molar-refractivity contribution in [1.82, 2.24) is 29.6 Å². The molecule has 0 unspecified atom stereocenters. The number of H-pyrrole nitrogens is 1. The van der Waals surface area contributed by atoms with E-state index in [0.29, 0.717) is 0 Å². The predicted octanol–water partition coefficient (Wildman–Crippen LogP) is 0.809. The summed E-state index contributed by atoms with van der Waals surface area (Å²) in [5.74, 6) is 1.70. The van der Waals surface area contributed by atoms with Crippen molar-refractivity contribution in [2.75, 3.05) is 13.7 Å². The summed E-state index contributed by atoms with van der Waals surface area (Å²) in [6.45, 7) is 3.64. The SMILES string of the molecule is CO[C@@H]1C[C@@H](c2n[nH]c(C)n2)N(Cc2cncn2C)C1. The molecule has 7 heteroatoms. The summed E-state index contributed by atoms with van der Waals surface area (Å²) < 4.78 is 7.56. The molecule has 1 saturated heterocycles. The molecule has 0 spiro atoms. The van der Waals surface area contributed by atoms with Crippen LogP contribution in [0.5, 0.6) is 0 Å². The smallest absolute Gasteiger partial charge is 0.167 e. The first-order valence-corrected chi connectivity index (χ1v) is 6.78. The number of ether oxygens (including phenoxy) is 1. The van der Waals surface area contributed by atoms with Gasteiger partial charge < -0.3 is 9.30 Å². The molecular formula is C13H20N6O. The van der Waals surface area contributed by atoms with Crippen LogP contribution in [-0.2, 0) is 18.3 Å². The highest BCUT2D eigenvalue weighted by Crippen LogP contribution is 2.32. The van der Waals surface area contributed by atoms with Gasteiger partial charge in [-0.2, -0.15) is 5.10 Å². The zero-order valence-electron chi connectivity index (χ0n) is 12.1. The molecule has 0 amide bonds. The highest BCUT2D eigenvalue weighted by Gasteiger charge is 2.35. The summed E-state index contributed by atoms with van der Waals surface area (Å²) >= 11 is 0. The summed E-state index contributed by atoms with van der Waals surface area (Å²) in [6, 6.07) is 0.194. The van der Waals surface area contributed by atoms with Crippen LogP contribution in [0.15, 0.2) is 12.5 Å². The van der Waals surface area contributed by atoms with Gasteiger partial charge in [-0.15, -0.1) is 0 Å². The van der Waals surface area contributed by atoms with Crippen molar-refractivity contribution in [3.8, 4) is 0 Å². The van der Waals surface area contributed by atoms with Crippen molar-refractivity contribution in [2.45, 2.75) is 32.0 Å². The standard InChI is InChI=1S/C13H20N6O/c1-9-15-13(17-16-9)12-4-11(20-3)7-19(12)6-10-5-14-8-18(10)2/h5,8,11-12H,4,6-7H2,1-3H3,(H,15,16,17)/t11-,12+/m1/s1. The number of aromatic amines is 1. The van der Waals surface area contributed by atoms with Crippen LogP contribution in [0, 0.1) is 6.92 Å². The minimum absolute atomic E-state index is 0.194. The average Bonchev–Trinajstić information content (AvgIpc) is 3.12. The number of hydrogen-bond acceptors (Lipinski definition) is 5. The zero-order chi connectivity index (χ0) is 14.1. The fourth-order valence-corrected chi connectivity index (χ4v) is 2.73. The van der Waals surface area contributed by atoms with Gasteiger partial charge in [-0.05, 0) is 13.3 Å². The monoisotopic (exact) mass is 276 g/mol. The number of aromatic nitrogens is 5. The minimum atomic E-state index is 0.194. The first-order chi connectivity index (χ1) is 9.67. The molecule has 20 heavy (non-hydrogen) atoms. The molecule has 3 heterocycles. The predicted molar refractivity (Wildman–Crippen MR) is 72.9 cm³/mol. The number of nitrogens with zero attached hydrogens (tertiary/aromatic N) is 5. The molecule has 0 radical (unpaired) electrons. The van der Waals surface area contributed by atoms with Gasteiger partial charge in [0.1, 0.15) is 5.82 Å². The van der Waals surface area contributed by atoms with Gasteiger partial charge >= 0.3 is 0 Å². The second kappa shape index (κ2) is 5.34. The van der Waals surface area contributed by atoms with E-state index in [0.717, 1.165) is 31.2 Å². The fourth-order valence-electron chi connectivity index (χ4n) is 2.73. The summed E-state index contributed by atoms with van der Waals surface area (Å²) in [7, 11) is 3.77. The maximum atomic E-state index is 5.52. The second-order valence-electron chi connectivity index (χ2n) is 5.31. The van der Waals surface area contributed by atoms with Gasteiger partial charge in [0.25, 0.3) is 0 Å². The lowest BCUT2D eigenvalue weighted by Gasteiger charge is -2.21. The molecule has 3 rings (SSSR count). The number of hydrogen-bond donors (Lipinski definition) is 1. The Morgan fingerprint density at radius 1 is 1.50 bits per heavy atom. The molecule has 0 aromatic carbocycles. The van der Waals surface area contributed by atoms with Crippen LogP contribution < -0.4 is 0 Å². The number of methoxy groups -OCH3 is 1. The van der Waals surface area contributed by atoms with Crippen molar-refractivity contribution in [3.63, 3.8) is 0 Å². The molecule has 1 N–H and O–H groups in total. The number of imidazole rings is 1. The number of nitrogens with one attached hydrogen (secondary N) is 1. The van der Waals surface area contributed by atoms with E-state index in [4.69, 9.17) is 4.74 Å². The molecule has 1 aliphatic heterocycles. The number of rotatable bonds is 4. The lowest BCUT2D eigenvalue weighted by Crippen LogP contribution is -2.26.